The quantitative estimate of drug-likeness (QED) is 0.717. The van der Waals surface area contributed by atoms with E-state index in [9.17, 15) is 4.39 Å². The highest BCUT2D eigenvalue weighted by molar-refractivity contribution is 5.18. The van der Waals surface area contributed by atoms with Crippen molar-refractivity contribution in [2.24, 2.45) is 11.8 Å². The van der Waals surface area contributed by atoms with Crippen LogP contribution in [0.3, 0.4) is 0 Å². The van der Waals surface area contributed by atoms with Gasteiger partial charge in [0.25, 0.3) is 5.95 Å². The topological polar surface area (TPSA) is 22.1 Å². The molecular weight excluding hydrogens is 205 g/mol. The predicted molar refractivity (Wildman–Crippen MR) is 60.8 cm³/mol. The third-order valence-corrected chi connectivity index (χ3v) is 3.57. The van der Waals surface area contributed by atoms with Gasteiger partial charge in [0.2, 0.25) is 0 Å². The van der Waals surface area contributed by atoms with Crippen molar-refractivity contribution < 1.29 is 9.13 Å². The molecule has 1 aromatic rings. The first kappa shape index (κ1) is 11.4. The Morgan fingerprint density at radius 2 is 2.12 bits per heavy atom. The number of hydrogen-bond acceptors (Lipinski definition) is 2. The minimum atomic E-state index is -0.506. The molecule has 0 aliphatic heterocycles. The van der Waals surface area contributed by atoms with E-state index in [-0.39, 0.29) is 11.9 Å². The van der Waals surface area contributed by atoms with Crippen LogP contribution in [0.25, 0.3) is 0 Å². The first-order chi connectivity index (χ1) is 7.66. The molecule has 0 amide bonds. The van der Waals surface area contributed by atoms with Crippen LogP contribution in [0, 0.1) is 17.8 Å². The molecule has 0 spiro atoms. The van der Waals surface area contributed by atoms with Gasteiger partial charge >= 0.3 is 0 Å². The smallest absolute Gasteiger partial charge is 0.255 e. The molecule has 1 aromatic heterocycles. The van der Waals surface area contributed by atoms with Gasteiger partial charge in [-0.3, -0.25) is 0 Å². The van der Waals surface area contributed by atoms with Crippen LogP contribution in [0.4, 0.5) is 4.39 Å². The molecular formula is C13H18FNO. The fourth-order valence-electron chi connectivity index (χ4n) is 2.24. The van der Waals surface area contributed by atoms with E-state index in [0.717, 1.165) is 25.2 Å². The first-order valence-corrected chi connectivity index (χ1v) is 5.94. The lowest BCUT2D eigenvalue weighted by molar-refractivity contribution is 0.0959. The summed E-state index contributed by atoms with van der Waals surface area (Å²) in [5.41, 5.74) is 0. The largest absolute Gasteiger partial charge is 0.486 e. The van der Waals surface area contributed by atoms with Gasteiger partial charge in [-0.05, 0) is 43.2 Å². The maximum absolute atomic E-state index is 13.3. The number of rotatable bonds is 2. The summed E-state index contributed by atoms with van der Waals surface area (Å²) in [4.78, 5) is 3.59. The molecule has 1 heterocycles. The molecule has 1 saturated carbocycles. The Kier molecular flexibility index (Phi) is 3.42. The summed E-state index contributed by atoms with van der Waals surface area (Å²) in [5.74, 6) is 1.18. The van der Waals surface area contributed by atoms with E-state index in [0.29, 0.717) is 5.92 Å². The molecule has 2 nitrogen and oxygen atoms in total. The van der Waals surface area contributed by atoms with E-state index < -0.39 is 5.95 Å². The van der Waals surface area contributed by atoms with Crippen molar-refractivity contribution in [1.29, 1.82) is 0 Å². The van der Waals surface area contributed by atoms with Gasteiger partial charge in [0.15, 0.2) is 5.75 Å². The Labute approximate surface area is 95.8 Å². The minimum Gasteiger partial charge on any atom is -0.486 e. The van der Waals surface area contributed by atoms with Gasteiger partial charge in [-0.1, -0.05) is 13.8 Å². The normalized spacial score (nSPS) is 30.1. The molecule has 3 atom stereocenters. The zero-order valence-corrected chi connectivity index (χ0v) is 9.82. The Bertz CT molecular complexity index is 356. The monoisotopic (exact) mass is 223 g/mol. The minimum absolute atomic E-state index is 0.143. The van der Waals surface area contributed by atoms with Gasteiger partial charge in [-0.25, -0.2) is 4.98 Å². The standard InChI is InChI=1S/C13H18FNO/c1-9-5-6-11(8-10(9)2)16-12-4-3-7-15-13(12)14/h3-4,7,9-11H,5-6,8H2,1-2H3. The zero-order chi connectivity index (χ0) is 11.5. The van der Waals surface area contributed by atoms with E-state index in [1.807, 2.05) is 0 Å². The molecule has 0 N–H and O–H groups in total. The number of nitrogens with zero attached hydrogens (tertiary/aromatic N) is 1. The van der Waals surface area contributed by atoms with Gasteiger partial charge in [0.1, 0.15) is 0 Å². The summed E-state index contributed by atoms with van der Waals surface area (Å²) in [6, 6.07) is 3.35. The maximum atomic E-state index is 13.3. The van der Waals surface area contributed by atoms with Crippen LogP contribution in [0.15, 0.2) is 18.3 Å². The lowest BCUT2D eigenvalue weighted by Gasteiger charge is -2.32. The Morgan fingerprint density at radius 3 is 2.81 bits per heavy atom. The molecule has 1 aliphatic rings. The Hall–Kier alpha value is -1.12. The lowest BCUT2D eigenvalue weighted by Crippen LogP contribution is -2.29. The van der Waals surface area contributed by atoms with Crippen LogP contribution in [0.5, 0.6) is 5.75 Å². The van der Waals surface area contributed by atoms with E-state index in [2.05, 4.69) is 18.8 Å². The maximum Gasteiger partial charge on any atom is 0.255 e. The number of halogens is 1. The van der Waals surface area contributed by atoms with Crippen LogP contribution < -0.4 is 4.74 Å². The highest BCUT2D eigenvalue weighted by Gasteiger charge is 2.26. The van der Waals surface area contributed by atoms with Crippen molar-refractivity contribution in [2.45, 2.75) is 39.2 Å². The van der Waals surface area contributed by atoms with Crippen molar-refractivity contribution in [3.8, 4) is 5.75 Å². The second kappa shape index (κ2) is 4.81. The van der Waals surface area contributed by atoms with Gasteiger partial charge in [0, 0.05) is 6.20 Å². The summed E-state index contributed by atoms with van der Waals surface area (Å²) >= 11 is 0. The number of ether oxygens (including phenoxy) is 1. The summed E-state index contributed by atoms with van der Waals surface area (Å²) in [5, 5.41) is 0. The predicted octanol–water partition coefficient (Wildman–Crippen LogP) is 3.42. The summed E-state index contributed by atoms with van der Waals surface area (Å²) in [6.45, 7) is 4.51. The lowest BCUT2D eigenvalue weighted by atomic mass is 9.80. The van der Waals surface area contributed by atoms with Crippen LogP contribution in [-0.4, -0.2) is 11.1 Å². The number of pyridine rings is 1. The SMILES string of the molecule is CC1CCC(Oc2cccnc2F)CC1C. The third-order valence-electron chi connectivity index (χ3n) is 3.57. The van der Waals surface area contributed by atoms with Crippen molar-refractivity contribution >= 4 is 0 Å². The fourth-order valence-corrected chi connectivity index (χ4v) is 2.24. The highest BCUT2D eigenvalue weighted by Crippen LogP contribution is 2.32. The molecule has 16 heavy (non-hydrogen) atoms. The van der Waals surface area contributed by atoms with E-state index in [4.69, 9.17) is 4.74 Å². The van der Waals surface area contributed by atoms with Crippen molar-refractivity contribution in [3.05, 3.63) is 24.3 Å². The molecule has 0 radical (unpaired) electrons. The van der Waals surface area contributed by atoms with Crippen LogP contribution in [0.2, 0.25) is 0 Å². The van der Waals surface area contributed by atoms with Crippen LogP contribution in [0.1, 0.15) is 33.1 Å². The summed E-state index contributed by atoms with van der Waals surface area (Å²) in [7, 11) is 0. The molecule has 88 valence electrons. The molecule has 3 heteroatoms. The van der Waals surface area contributed by atoms with Crippen molar-refractivity contribution in [1.82, 2.24) is 4.98 Å². The summed E-state index contributed by atoms with van der Waals surface area (Å²) in [6.07, 6.45) is 4.77. The second-order valence-electron chi connectivity index (χ2n) is 4.80. The molecule has 2 rings (SSSR count). The molecule has 1 fully saturated rings. The Balaban J connectivity index is 1.98. The average molecular weight is 223 g/mol. The van der Waals surface area contributed by atoms with Gasteiger partial charge in [-0.2, -0.15) is 4.39 Å². The number of hydrogen-bond donors (Lipinski definition) is 0. The van der Waals surface area contributed by atoms with E-state index in [1.165, 1.54) is 6.20 Å². The molecule has 0 aromatic carbocycles. The third kappa shape index (κ3) is 2.52. The fraction of sp³-hybridized carbons (Fsp3) is 0.615. The zero-order valence-electron chi connectivity index (χ0n) is 9.82. The highest BCUT2D eigenvalue weighted by atomic mass is 19.1. The molecule has 3 unspecified atom stereocenters. The molecule has 0 bridgehead atoms. The van der Waals surface area contributed by atoms with Crippen molar-refractivity contribution in [2.75, 3.05) is 0 Å². The summed E-state index contributed by atoms with van der Waals surface area (Å²) < 4.78 is 18.9. The van der Waals surface area contributed by atoms with E-state index >= 15 is 0 Å². The number of aromatic nitrogens is 1. The Morgan fingerprint density at radius 1 is 1.31 bits per heavy atom. The van der Waals surface area contributed by atoms with Crippen LogP contribution >= 0.6 is 0 Å². The average Bonchev–Trinajstić information content (AvgIpc) is 2.27. The van der Waals surface area contributed by atoms with E-state index in [1.54, 1.807) is 12.1 Å². The van der Waals surface area contributed by atoms with Gasteiger partial charge in [0.05, 0.1) is 6.10 Å². The van der Waals surface area contributed by atoms with Gasteiger partial charge in [-0.15, -0.1) is 0 Å². The second-order valence-corrected chi connectivity index (χ2v) is 4.80. The first-order valence-electron chi connectivity index (χ1n) is 5.94. The van der Waals surface area contributed by atoms with Crippen molar-refractivity contribution in [3.63, 3.8) is 0 Å². The molecule has 1 aliphatic carbocycles. The molecule has 0 saturated heterocycles. The van der Waals surface area contributed by atoms with Crippen LogP contribution in [-0.2, 0) is 0 Å². The van der Waals surface area contributed by atoms with Gasteiger partial charge < -0.3 is 4.74 Å².